The molecule has 1 aliphatic rings. The first-order valence-corrected chi connectivity index (χ1v) is 7.95. The predicted molar refractivity (Wildman–Crippen MR) is 77.7 cm³/mol. The van der Waals surface area contributed by atoms with E-state index in [0.717, 1.165) is 5.56 Å². The summed E-state index contributed by atoms with van der Waals surface area (Å²) < 4.78 is 37.3. The molecule has 6 nitrogen and oxygen atoms in total. The molecule has 0 aliphatic carbocycles. The van der Waals surface area contributed by atoms with Crippen molar-refractivity contribution in [2.75, 3.05) is 6.79 Å². The van der Waals surface area contributed by atoms with E-state index in [-0.39, 0.29) is 18.2 Å². The van der Waals surface area contributed by atoms with E-state index in [1.165, 1.54) is 24.3 Å². The molecule has 0 fully saturated rings. The second-order valence-corrected chi connectivity index (χ2v) is 6.42. The van der Waals surface area contributed by atoms with E-state index in [9.17, 15) is 8.42 Å². The van der Waals surface area contributed by atoms with Gasteiger partial charge in [-0.25, -0.2) is 13.1 Å². The van der Waals surface area contributed by atoms with Crippen LogP contribution in [0.2, 0.25) is 0 Å². The second-order valence-electron chi connectivity index (χ2n) is 4.65. The van der Waals surface area contributed by atoms with E-state index in [1.54, 1.807) is 18.2 Å². The number of nitriles is 1. The van der Waals surface area contributed by atoms with Crippen LogP contribution in [0.25, 0.3) is 0 Å². The van der Waals surface area contributed by atoms with Crippen molar-refractivity contribution in [2.45, 2.75) is 11.4 Å². The normalized spacial score (nSPS) is 12.9. The lowest BCUT2D eigenvalue weighted by Gasteiger charge is -2.07. The van der Waals surface area contributed by atoms with Gasteiger partial charge in [-0.15, -0.1) is 0 Å². The molecular formula is C15H12N2O4S. The number of rotatable bonds is 4. The highest BCUT2D eigenvalue weighted by Gasteiger charge is 2.16. The van der Waals surface area contributed by atoms with Gasteiger partial charge >= 0.3 is 0 Å². The van der Waals surface area contributed by atoms with Gasteiger partial charge in [0, 0.05) is 6.54 Å². The number of fused-ring (bicyclic) bond motifs is 1. The quantitative estimate of drug-likeness (QED) is 0.928. The molecule has 1 aliphatic heterocycles. The van der Waals surface area contributed by atoms with Crippen LogP contribution in [0.3, 0.4) is 0 Å². The Morgan fingerprint density at radius 2 is 1.82 bits per heavy atom. The smallest absolute Gasteiger partial charge is 0.240 e. The van der Waals surface area contributed by atoms with Crippen LogP contribution in [0.1, 0.15) is 11.1 Å². The fraction of sp³-hybridized carbons (Fsp3) is 0.133. The zero-order chi connectivity index (χ0) is 15.6. The minimum atomic E-state index is -3.63. The summed E-state index contributed by atoms with van der Waals surface area (Å²) in [6, 6.07) is 12.9. The molecule has 0 aromatic heterocycles. The Balaban J connectivity index is 1.73. The molecular weight excluding hydrogens is 304 g/mol. The molecule has 0 saturated carbocycles. The van der Waals surface area contributed by atoms with Gasteiger partial charge in [-0.2, -0.15) is 5.26 Å². The van der Waals surface area contributed by atoms with Gasteiger partial charge in [-0.3, -0.25) is 0 Å². The van der Waals surface area contributed by atoms with E-state index in [0.29, 0.717) is 17.1 Å². The molecule has 0 atom stereocenters. The van der Waals surface area contributed by atoms with Crippen molar-refractivity contribution < 1.29 is 17.9 Å². The molecule has 22 heavy (non-hydrogen) atoms. The van der Waals surface area contributed by atoms with Gasteiger partial charge in [0.15, 0.2) is 11.5 Å². The van der Waals surface area contributed by atoms with E-state index in [4.69, 9.17) is 14.7 Å². The van der Waals surface area contributed by atoms with Gasteiger partial charge in [0.25, 0.3) is 0 Å². The molecule has 1 N–H and O–H groups in total. The lowest BCUT2D eigenvalue weighted by atomic mass is 10.2. The van der Waals surface area contributed by atoms with E-state index >= 15 is 0 Å². The summed E-state index contributed by atoms with van der Waals surface area (Å²) in [6.07, 6.45) is 0. The summed E-state index contributed by atoms with van der Waals surface area (Å²) in [5, 5.41) is 8.72. The highest BCUT2D eigenvalue weighted by Crippen LogP contribution is 2.32. The Kier molecular flexibility index (Phi) is 3.71. The predicted octanol–water partition coefficient (Wildman–Crippen LogP) is 1.77. The lowest BCUT2D eigenvalue weighted by molar-refractivity contribution is 0.174. The second kappa shape index (κ2) is 5.67. The number of sulfonamides is 1. The van der Waals surface area contributed by atoms with Crippen LogP contribution in [0.4, 0.5) is 0 Å². The summed E-state index contributed by atoms with van der Waals surface area (Å²) in [5.74, 6) is 1.26. The van der Waals surface area contributed by atoms with Crippen molar-refractivity contribution in [3.05, 3.63) is 53.6 Å². The van der Waals surface area contributed by atoms with E-state index < -0.39 is 10.0 Å². The maximum absolute atomic E-state index is 12.2. The minimum Gasteiger partial charge on any atom is -0.454 e. The van der Waals surface area contributed by atoms with Gasteiger partial charge in [0.05, 0.1) is 16.5 Å². The van der Waals surface area contributed by atoms with Crippen LogP contribution in [-0.2, 0) is 16.6 Å². The topological polar surface area (TPSA) is 88.4 Å². The van der Waals surface area contributed by atoms with Crippen LogP contribution < -0.4 is 14.2 Å². The zero-order valence-corrected chi connectivity index (χ0v) is 12.3. The summed E-state index contributed by atoms with van der Waals surface area (Å²) in [6.45, 7) is 0.314. The van der Waals surface area contributed by atoms with Crippen molar-refractivity contribution in [3.63, 3.8) is 0 Å². The van der Waals surface area contributed by atoms with Crippen LogP contribution in [-0.4, -0.2) is 15.2 Å². The third-order valence-electron chi connectivity index (χ3n) is 3.20. The number of nitrogens with zero attached hydrogens (tertiary/aromatic N) is 1. The molecule has 0 saturated heterocycles. The van der Waals surface area contributed by atoms with Crippen LogP contribution >= 0.6 is 0 Å². The van der Waals surface area contributed by atoms with Crippen molar-refractivity contribution in [3.8, 4) is 17.6 Å². The molecule has 7 heteroatoms. The molecule has 0 spiro atoms. The molecule has 2 aromatic rings. The highest BCUT2D eigenvalue weighted by atomic mass is 32.2. The summed E-state index contributed by atoms with van der Waals surface area (Å²) in [5.41, 5.74) is 1.18. The fourth-order valence-electron chi connectivity index (χ4n) is 2.02. The number of hydrogen-bond acceptors (Lipinski definition) is 5. The third-order valence-corrected chi connectivity index (χ3v) is 4.61. The molecule has 0 radical (unpaired) electrons. The van der Waals surface area contributed by atoms with Crippen molar-refractivity contribution in [2.24, 2.45) is 0 Å². The molecule has 0 amide bonds. The van der Waals surface area contributed by atoms with Crippen molar-refractivity contribution >= 4 is 10.0 Å². The van der Waals surface area contributed by atoms with Crippen LogP contribution in [0.5, 0.6) is 11.5 Å². The Labute approximate surface area is 128 Å². The van der Waals surface area contributed by atoms with Gasteiger partial charge in [-0.1, -0.05) is 6.07 Å². The fourth-order valence-corrected chi connectivity index (χ4v) is 3.04. The largest absolute Gasteiger partial charge is 0.454 e. The number of nitrogens with one attached hydrogen (secondary N) is 1. The first-order valence-electron chi connectivity index (χ1n) is 6.47. The third kappa shape index (κ3) is 2.88. The van der Waals surface area contributed by atoms with Crippen molar-refractivity contribution in [1.29, 1.82) is 5.26 Å². The van der Waals surface area contributed by atoms with Gasteiger partial charge in [-0.05, 0) is 42.0 Å². The van der Waals surface area contributed by atoms with E-state index in [2.05, 4.69) is 4.72 Å². The van der Waals surface area contributed by atoms with Crippen LogP contribution in [0, 0.1) is 11.3 Å². The van der Waals surface area contributed by atoms with Gasteiger partial charge < -0.3 is 9.47 Å². The number of benzene rings is 2. The summed E-state index contributed by atoms with van der Waals surface area (Å²) >= 11 is 0. The van der Waals surface area contributed by atoms with Gasteiger partial charge in [0.2, 0.25) is 16.8 Å². The zero-order valence-electron chi connectivity index (χ0n) is 11.4. The highest BCUT2D eigenvalue weighted by molar-refractivity contribution is 7.89. The Bertz CT molecular complexity index is 839. The number of ether oxygens (including phenoxy) is 2. The molecule has 0 unspecified atom stereocenters. The van der Waals surface area contributed by atoms with Crippen LogP contribution in [0.15, 0.2) is 47.4 Å². The van der Waals surface area contributed by atoms with E-state index in [1.807, 2.05) is 6.07 Å². The lowest BCUT2D eigenvalue weighted by Crippen LogP contribution is -2.23. The van der Waals surface area contributed by atoms with Crippen molar-refractivity contribution in [1.82, 2.24) is 4.72 Å². The maximum atomic E-state index is 12.2. The Morgan fingerprint density at radius 1 is 1.09 bits per heavy atom. The molecule has 112 valence electrons. The standard InChI is InChI=1S/C15H12N2O4S/c16-8-11-1-4-13(5-2-11)22(18,19)17-9-12-3-6-14-15(7-12)21-10-20-14/h1-7,17H,9-10H2. The first kappa shape index (κ1) is 14.4. The Hall–Kier alpha value is -2.56. The minimum absolute atomic E-state index is 0.118. The SMILES string of the molecule is N#Cc1ccc(S(=O)(=O)NCc2ccc3c(c2)OCO3)cc1. The van der Waals surface area contributed by atoms with Gasteiger partial charge in [0.1, 0.15) is 0 Å². The Morgan fingerprint density at radius 3 is 2.55 bits per heavy atom. The average molecular weight is 316 g/mol. The molecule has 1 heterocycles. The molecule has 2 aromatic carbocycles. The molecule has 0 bridgehead atoms. The number of hydrogen-bond donors (Lipinski definition) is 1. The summed E-state index contributed by atoms with van der Waals surface area (Å²) in [4.78, 5) is 0.118. The molecule has 3 rings (SSSR count). The summed E-state index contributed by atoms with van der Waals surface area (Å²) in [7, 11) is -3.63. The monoisotopic (exact) mass is 316 g/mol. The maximum Gasteiger partial charge on any atom is 0.240 e. The first-order chi connectivity index (χ1) is 10.6. The average Bonchev–Trinajstić information content (AvgIpc) is 3.01.